The lowest BCUT2D eigenvalue weighted by Crippen LogP contribution is -2.42. The van der Waals surface area contributed by atoms with E-state index in [4.69, 9.17) is 11.5 Å². The van der Waals surface area contributed by atoms with Crippen molar-refractivity contribution < 1.29 is 9.59 Å². The summed E-state index contributed by atoms with van der Waals surface area (Å²) in [6.45, 7) is 5.38. The van der Waals surface area contributed by atoms with Crippen LogP contribution in [0, 0.1) is 12.3 Å². The predicted octanol–water partition coefficient (Wildman–Crippen LogP) is 0.819. The summed E-state index contributed by atoms with van der Waals surface area (Å²) in [5, 5.41) is 2.69. The first kappa shape index (κ1) is 14.0. The number of amides is 2. The molecule has 0 fully saturated rings. The van der Waals surface area contributed by atoms with Gasteiger partial charge in [0.25, 0.3) is 5.91 Å². The van der Waals surface area contributed by atoms with E-state index in [0.717, 1.165) is 5.56 Å². The Labute approximate surface area is 107 Å². The maximum absolute atomic E-state index is 12.0. The van der Waals surface area contributed by atoms with Gasteiger partial charge in [0.1, 0.15) is 0 Å². The molecule has 1 rings (SSSR count). The second-order valence-corrected chi connectivity index (χ2v) is 5.01. The van der Waals surface area contributed by atoms with Crippen LogP contribution in [0.25, 0.3) is 0 Å². The van der Waals surface area contributed by atoms with E-state index >= 15 is 0 Å². The highest BCUT2D eigenvalue weighted by atomic mass is 16.2. The van der Waals surface area contributed by atoms with Crippen molar-refractivity contribution in [2.24, 2.45) is 11.1 Å². The third kappa shape index (κ3) is 3.23. The van der Waals surface area contributed by atoms with Crippen molar-refractivity contribution >= 4 is 17.5 Å². The van der Waals surface area contributed by atoms with Crippen LogP contribution in [0.2, 0.25) is 0 Å². The van der Waals surface area contributed by atoms with Gasteiger partial charge in [-0.15, -0.1) is 0 Å². The summed E-state index contributed by atoms with van der Waals surface area (Å²) in [6, 6.07) is 5.13. The number of aryl methyl sites for hydroxylation is 1. The molecule has 0 aromatic heterocycles. The van der Waals surface area contributed by atoms with Gasteiger partial charge in [-0.2, -0.15) is 0 Å². The maximum Gasteiger partial charge on any atom is 0.251 e. The van der Waals surface area contributed by atoms with Gasteiger partial charge >= 0.3 is 0 Å². The van der Waals surface area contributed by atoms with E-state index in [9.17, 15) is 9.59 Å². The molecule has 0 saturated heterocycles. The molecule has 0 aliphatic rings. The Morgan fingerprint density at radius 2 is 1.94 bits per heavy atom. The minimum Gasteiger partial charge on any atom is -0.399 e. The number of hydrogen-bond acceptors (Lipinski definition) is 3. The first-order valence-electron chi connectivity index (χ1n) is 5.68. The van der Waals surface area contributed by atoms with Gasteiger partial charge in [-0.1, -0.05) is 6.07 Å². The second-order valence-electron chi connectivity index (χ2n) is 5.01. The third-order valence-corrected chi connectivity index (χ3v) is 2.86. The molecule has 5 N–H and O–H groups in total. The number of primary amides is 1. The number of nitrogen functional groups attached to an aromatic ring is 1. The summed E-state index contributed by atoms with van der Waals surface area (Å²) in [5.74, 6) is -0.707. The summed E-state index contributed by atoms with van der Waals surface area (Å²) in [4.78, 5) is 23.1. The Bertz CT molecular complexity index is 481. The van der Waals surface area contributed by atoms with E-state index in [1.165, 1.54) is 0 Å². The molecule has 0 bridgehead atoms. The summed E-state index contributed by atoms with van der Waals surface area (Å²) < 4.78 is 0. The lowest BCUT2D eigenvalue weighted by atomic mass is 9.92. The Kier molecular flexibility index (Phi) is 3.96. The predicted molar refractivity (Wildman–Crippen MR) is 70.9 cm³/mol. The van der Waals surface area contributed by atoms with Gasteiger partial charge in [0.2, 0.25) is 5.91 Å². The Balaban J connectivity index is 2.78. The molecule has 0 atom stereocenters. The molecule has 0 heterocycles. The van der Waals surface area contributed by atoms with Crippen LogP contribution in [0.1, 0.15) is 29.8 Å². The molecular weight excluding hydrogens is 230 g/mol. The second kappa shape index (κ2) is 5.08. The lowest BCUT2D eigenvalue weighted by molar-refractivity contribution is -0.125. The third-order valence-electron chi connectivity index (χ3n) is 2.86. The molecule has 18 heavy (non-hydrogen) atoms. The fraction of sp³-hybridized carbons (Fsp3) is 0.385. The fourth-order valence-electron chi connectivity index (χ4n) is 1.37. The van der Waals surface area contributed by atoms with Crippen LogP contribution in [0.15, 0.2) is 18.2 Å². The van der Waals surface area contributed by atoms with Gasteiger partial charge in [0.05, 0.1) is 5.41 Å². The summed E-state index contributed by atoms with van der Waals surface area (Å²) in [7, 11) is 0. The molecular formula is C13H19N3O2. The van der Waals surface area contributed by atoms with Gasteiger partial charge in [-0.3, -0.25) is 9.59 Å². The molecule has 5 heteroatoms. The quantitative estimate of drug-likeness (QED) is 0.689. The van der Waals surface area contributed by atoms with Crippen molar-refractivity contribution in [3.63, 3.8) is 0 Å². The first-order valence-corrected chi connectivity index (χ1v) is 5.68. The Hall–Kier alpha value is -2.04. The minimum atomic E-state index is -0.774. The van der Waals surface area contributed by atoms with Crippen LogP contribution in [-0.4, -0.2) is 18.4 Å². The SMILES string of the molecule is Cc1ccc(N)cc1C(=O)NCC(C)(C)C(N)=O. The molecule has 0 aliphatic heterocycles. The summed E-state index contributed by atoms with van der Waals surface area (Å²) in [6.07, 6.45) is 0. The number of anilines is 1. The molecule has 0 radical (unpaired) electrons. The molecule has 1 aromatic carbocycles. The molecule has 0 unspecified atom stereocenters. The molecule has 1 aromatic rings. The van der Waals surface area contributed by atoms with Crippen LogP contribution < -0.4 is 16.8 Å². The van der Waals surface area contributed by atoms with E-state index in [0.29, 0.717) is 11.3 Å². The molecule has 5 nitrogen and oxygen atoms in total. The highest BCUT2D eigenvalue weighted by molar-refractivity contribution is 5.96. The van der Waals surface area contributed by atoms with Crippen molar-refractivity contribution in [2.45, 2.75) is 20.8 Å². The monoisotopic (exact) mass is 249 g/mol. The molecule has 0 saturated carbocycles. The molecule has 98 valence electrons. The number of benzene rings is 1. The Morgan fingerprint density at radius 3 is 2.50 bits per heavy atom. The Morgan fingerprint density at radius 1 is 1.33 bits per heavy atom. The van der Waals surface area contributed by atoms with Gasteiger partial charge in [-0.05, 0) is 38.5 Å². The number of nitrogens with one attached hydrogen (secondary N) is 1. The number of hydrogen-bond donors (Lipinski definition) is 3. The van der Waals surface area contributed by atoms with Crippen molar-refractivity contribution in [3.8, 4) is 0 Å². The zero-order chi connectivity index (χ0) is 13.9. The largest absolute Gasteiger partial charge is 0.399 e. The zero-order valence-electron chi connectivity index (χ0n) is 10.9. The van der Waals surface area contributed by atoms with Crippen molar-refractivity contribution in [3.05, 3.63) is 29.3 Å². The van der Waals surface area contributed by atoms with Crippen molar-refractivity contribution in [1.82, 2.24) is 5.32 Å². The molecule has 0 spiro atoms. The summed E-state index contributed by atoms with van der Waals surface area (Å²) >= 11 is 0. The summed E-state index contributed by atoms with van der Waals surface area (Å²) in [5.41, 5.74) is 12.0. The first-order chi connectivity index (χ1) is 8.24. The number of rotatable bonds is 4. The average Bonchev–Trinajstić information content (AvgIpc) is 2.29. The van der Waals surface area contributed by atoms with Crippen LogP contribution in [0.5, 0.6) is 0 Å². The van der Waals surface area contributed by atoms with Gasteiger partial charge in [0, 0.05) is 17.8 Å². The highest BCUT2D eigenvalue weighted by Crippen LogP contribution is 2.15. The number of carbonyl (C=O) groups is 2. The normalized spacial score (nSPS) is 11.1. The zero-order valence-corrected chi connectivity index (χ0v) is 10.9. The van der Waals surface area contributed by atoms with Gasteiger partial charge < -0.3 is 16.8 Å². The van der Waals surface area contributed by atoms with E-state index in [1.54, 1.807) is 32.0 Å². The standard InChI is InChI=1S/C13H19N3O2/c1-8-4-5-9(14)6-10(8)11(17)16-7-13(2,3)12(15)18/h4-6H,7,14H2,1-3H3,(H2,15,18)(H,16,17). The number of carbonyl (C=O) groups excluding carboxylic acids is 2. The molecule has 2 amide bonds. The van der Waals surface area contributed by atoms with E-state index in [-0.39, 0.29) is 12.5 Å². The van der Waals surface area contributed by atoms with Crippen LogP contribution in [-0.2, 0) is 4.79 Å². The van der Waals surface area contributed by atoms with Crippen molar-refractivity contribution in [2.75, 3.05) is 12.3 Å². The van der Waals surface area contributed by atoms with Crippen LogP contribution >= 0.6 is 0 Å². The smallest absolute Gasteiger partial charge is 0.251 e. The van der Waals surface area contributed by atoms with Crippen molar-refractivity contribution in [1.29, 1.82) is 0 Å². The van der Waals surface area contributed by atoms with Crippen LogP contribution in [0.3, 0.4) is 0 Å². The fourth-order valence-corrected chi connectivity index (χ4v) is 1.37. The lowest BCUT2D eigenvalue weighted by Gasteiger charge is -2.21. The van der Waals surface area contributed by atoms with Gasteiger partial charge in [0.15, 0.2) is 0 Å². The maximum atomic E-state index is 12.0. The van der Waals surface area contributed by atoms with Gasteiger partial charge in [-0.25, -0.2) is 0 Å². The molecule has 0 aliphatic carbocycles. The number of nitrogens with two attached hydrogens (primary N) is 2. The average molecular weight is 249 g/mol. The van der Waals surface area contributed by atoms with E-state index in [2.05, 4.69) is 5.32 Å². The van der Waals surface area contributed by atoms with E-state index in [1.807, 2.05) is 6.92 Å². The van der Waals surface area contributed by atoms with E-state index < -0.39 is 11.3 Å². The van der Waals surface area contributed by atoms with Crippen LogP contribution in [0.4, 0.5) is 5.69 Å². The topological polar surface area (TPSA) is 98.2 Å². The minimum absolute atomic E-state index is 0.190. The highest BCUT2D eigenvalue weighted by Gasteiger charge is 2.25.